The number of hydrogen-bond acceptors (Lipinski definition) is 5. The monoisotopic (exact) mass is 1760 g/mol. The first-order valence-corrected chi connectivity index (χ1v) is 40.4. The van der Waals surface area contributed by atoms with Crippen LogP contribution in [0.3, 0.4) is 0 Å². The second kappa shape index (κ2) is 37.4. The summed E-state index contributed by atoms with van der Waals surface area (Å²) in [6, 6.07) is 96.2. The molecule has 12 rings (SSSR count). The first-order valence-electron chi connectivity index (χ1n) is 26.9. The average Bonchev–Trinajstić information content (AvgIpc) is 3.29. The predicted octanol–water partition coefficient (Wildman–Crippen LogP) is 23.8. The Labute approximate surface area is 574 Å². The Morgan fingerprint density at radius 1 is 0.333 bits per heavy atom. The second-order valence-electron chi connectivity index (χ2n) is 18.0. The maximum atomic E-state index is 4.66. The number of pyridine rings is 4. The Kier molecular flexibility index (Phi) is 29.6. The number of alkyl halides is 3. The standard InChI is InChI=1S/C34H25N3.C29H22N2.C6H5Br.C2H6.CHI3.2HI.V/c1-3-12-26(13-4-1)28-22-29(34-19-8-10-21-36-34)25-32(24-28)37(30-15-5-2-6-16-30)31-17-11-14-27(23-31)33-18-7-9-20-35-33;1-2-10-24(11-3-1)26-19-23(20-27(21-26)29-14-5-7-16-31-29)17-22-9-8-12-25(18-22)28-13-4-6-15-30-28;7-6-4-2-1-3-5-6;1-2;2-1(3)4;;;/h1-25H;1-16,18-21H,17H2;1-5H;1-2H3;1H;2*1H;/q;;;;;;;+2/p-2. The molecule has 0 saturated heterocycles. The Bertz CT molecular complexity index is 3650. The second-order valence-corrected chi connectivity index (χ2v) is 41.6. The number of rotatable bonds is 11. The summed E-state index contributed by atoms with van der Waals surface area (Å²) in [5.74, 6) is 0. The van der Waals surface area contributed by atoms with E-state index in [2.05, 4.69) is 324 Å². The zero-order valence-corrected chi connectivity index (χ0v) is 59.9. The van der Waals surface area contributed by atoms with Gasteiger partial charge in [-0.05, 0) is 161 Å². The van der Waals surface area contributed by atoms with Crippen LogP contribution in [-0.2, 0) is 15.9 Å². The van der Waals surface area contributed by atoms with Gasteiger partial charge in [0, 0.05) is 68.6 Å². The quantitative estimate of drug-likeness (QED) is 0.0954. The van der Waals surface area contributed by atoms with Crippen molar-refractivity contribution in [1.82, 2.24) is 19.9 Å². The Hall–Kier alpha value is -5.13. The fourth-order valence-corrected chi connectivity index (χ4v) is 9.18. The zero-order chi connectivity index (χ0) is 59.1. The molecule has 8 aromatic carbocycles. The molecule has 0 spiro atoms. The Morgan fingerprint density at radius 2 is 0.655 bits per heavy atom. The van der Waals surface area contributed by atoms with E-state index in [4.69, 9.17) is 0 Å². The third kappa shape index (κ3) is 21.7. The SMILES string of the molecule is Brc1ccccc1.CC.IC(I)I.[I][V][I].c1ccc(-c2cc(-c3ccccn3)cc(N(c3ccccc3)c3cccc(-c4ccccn4)c3)c2)cc1.c1ccc(-c2cc(Cc3cccc(-c4ccccn4)c3)cc(-c3ccccn3)c2)cc1. The summed E-state index contributed by atoms with van der Waals surface area (Å²) in [6.45, 7) is 4.00. The molecule has 12 heteroatoms. The van der Waals surface area contributed by atoms with Crippen molar-refractivity contribution in [3.8, 4) is 67.3 Å². The van der Waals surface area contributed by atoms with Gasteiger partial charge in [-0.2, -0.15) is 0 Å². The van der Waals surface area contributed by atoms with E-state index in [1.165, 1.54) is 22.3 Å². The van der Waals surface area contributed by atoms with Crippen molar-refractivity contribution in [2.45, 2.75) is 20.2 Å². The van der Waals surface area contributed by atoms with Crippen LogP contribution in [0.25, 0.3) is 67.3 Å². The minimum absolute atomic E-state index is 0.628. The normalized spacial score (nSPS) is 10.1. The topological polar surface area (TPSA) is 54.8 Å². The van der Waals surface area contributed by atoms with Gasteiger partial charge in [0.2, 0.25) is 0 Å². The van der Waals surface area contributed by atoms with Gasteiger partial charge in [0.15, 0.2) is 0 Å². The molecule has 5 nitrogen and oxygen atoms in total. The van der Waals surface area contributed by atoms with Gasteiger partial charge in [0.05, 0.1) is 22.8 Å². The Morgan fingerprint density at radius 3 is 1.10 bits per heavy atom. The fraction of sp³-hybridized carbons (Fsp3) is 0.0556. The van der Waals surface area contributed by atoms with E-state index in [9.17, 15) is 0 Å². The molecule has 4 heterocycles. The van der Waals surface area contributed by atoms with Gasteiger partial charge in [-0.3, -0.25) is 19.9 Å². The van der Waals surface area contributed by atoms with Crippen LogP contribution in [0.15, 0.2) is 308 Å². The summed E-state index contributed by atoms with van der Waals surface area (Å²) in [7, 11) is 0.628. The van der Waals surface area contributed by atoms with Crippen LogP contribution in [0.2, 0.25) is 0 Å². The molecule has 0 aliphatic rings. The maximum Gasteiger partial charge on any atom is 0.0702 e. The number of nitrogens with zero attached hydrogens (tertiary/aromatic N) is 5. The first-order chi connectivity index (χ1) is 41.2. The summed E-state index contributed by atoms with van der Waals surface area (Å²) in [5.41, 5.74) is 18.8. The summed E-state index contributed by atoms with van der Waals surface area (Å²) >= 11 is 15.0. The molecule has 84 heavy (non-hydrogen) atoms. The number of halogens is 6. The van der Waals surface area contributed by atoms with Crippen molar-refractivity contribution >= 4 is 141 Å². The maximum absolute atomic E-state index is 4.66. The van der Waals surface area contributed by atoms with Crippen molar-refractivity contribution < 1.29 is 9.47 Å². The number of hydrogen-bond donors (Lipinski definition) is 0. The van der Waals surface area contributed by atoms with E-state index in [0.29, 0.717) is 9.47 Å². The van der Waals surface area contributed by atoms with Crippen LogP contribution in [-0.4, -0.2) is 19.9 Å². The van der Waals surface area contributed by atoms with Gasteiger partial charge in [0.25, 0.3) is 0 Å². The van der Waals surface area contributed by atoms with Gasteiger partial charge in [-0.1, -0.05) is 255 Å². The largest absolute Gasteiger partial charge is 0.310 e. The molecule has 0 amide bonds. The van der Waals surface area contributed by atoms with Gasteiger partial charge < -0.3 is 4.90 Å². The van der Waals surface area contributed by atoms with Crippen molar-refractivity contribution in [2.75, 3.05) is 4.90 Å². The van der Waals surface area contributed by atoms with Gasteiger partial charge in [-0.15, -0.1) is 0 Å². The zero-order valence-electron chi connectivity index (χ0n) is 46.1. The average molecular weight is 1760 g/mol. The van der Waals surface area contributed by atoms with E-state index in [-0.39, 0.29) is 0 Å². The molecule has 0 fully saturated rings. The fourth-order valence-electron chi connectivity index (χ4n) is 8.88. The molecule has 0 radical (unpaired) electrons. The molecule has 0 atom stereocenters. The molecule has 419 valence electrons. The van der Waals surface area contributed by atoms with Crippen molar-refractivity contribution in [3.63, 3.8) is 0 Å². The molecule has 0 N–H and O–H groups in total. The molecule has 12 aromatic rings. The van der Waals surface area contributed by atoms with Crippen LogP contribution in [0.1, 0.15) is 25.0 Å². The van der Waals surface area contributed by atoms with Crippen LogP contribution in [0.4, 0.5) is 17.1 Å². The third-order valence-electron chi connectivity index (χ3n) is 12.4. The van der Waals surface area contributed by atoms with E-state index >= 15 is 0 Å². The number of para-hydroxylation sites is 1. The minimum atomic E-state index is 0.628. The smallest absolute Gasteiger partial charge is 0.0702 e. The van der Waals surface area contributed by atoms with E-state index in [1.54, 1.807) is 0 Å². The van der Waals surface area contributed by atoms with Gasteiger partial charge >= 0.3 is 49.4 Å². The molecule has 0 aliphatic carbocycles. The van der Waals surface area contributed by atoms with Crippen LogP contribution in [0.5, 0.6) is 0 Å². The number of anilines is 3. The first kappa shape index (κ1) is 66.4. The molecule has 0 aliphatic heterocycles. The summed E-state index contributed by atoms with van der Waals surface area (Å²) < 4.78 is 1.88. The molecular weight excluding hydrogens is 1700 g/mol. The summed E-state index contributed by atoms with van der Waals surface area (Å²) in [6.07, 6.45) is 8.21. The molecule has 0 bridgehead atoms. The van der Waals surface area contributed by atoms with Gasteiger partial charge in [-0.25, -0.2) is 0 Å². The van der Waals surface area contributed by atoms with Crippen LogP contribution >= 0.6 is 124 Å². The molecule has 0 unspecified atom stereocenters. The number of aromatic nitrogens is 4. The van der Waals surface area contributed by atoms with Gasteiger partial charge in [0.1, 0.15) is -0.0619 Å². The van der Waals surface area contributed by atoms with Crippen LogP contribution in [0, 0.1) is 0 Å². The summed E-state index contributed by atoms with van der Waals surface area (Å²) in [4.78, 5) is 20.6. The molecular formula is C72H59BrI5N5V. The predicted molar refractivity (Wildman–Crippen MR) is 400 cm³/mol. The third-order valence-corrected chi connectivity index (χ3v) is 12.9. The van der Waals surface area contributed by atoms with Crippen molar-refractivity contribution in [3.05, 3.63) is 319 Å². The van der Waals surface area contributed by atoms with Crippen molar-refractivity contribution in [2.24, 2.45) is 0 Å². The molecule has 4 aromatic heterocycles. The summed E-state index contributed by atoms with van der Waals surface area (Å²) in [5, 5.41) is 0. The Balaban J connectivity index is 0.000000193. The van der Waals surface area contributed by atoms with Crippen LogP contribution < -0.4 is 4.90 Å². The van der Waals surface area contributed by atoms with E-state index < -0.39 is 0 Å². The minimum Gasteiger partial charge on any atom is -0.310 e. The van der Waals surface area contributed by atoms with E-state index in [0.717, 1.165) is 84.1 Å². The molecule has 0 saturated carbocycles. The van der Waals surface area contributed by atoms with Crippen molar-refractivity contribution in [1.29, 1.82) is 0 Å². The number of benzene rings is 8. The van der Waals surface area contributed by atoms with E-state index in [1.807, 2.05) is 142 Å².